The molecule has 0 aliphatic heterocycles. The fourth-order valence-electron chi connectivity index (χ4n) is 1.02. The van der Waals surface area contributed by atoms with Gasteiger partial charge >= 0.3 is 0 Å². The summed E-state index contributed by atoms with van der Waals surface area (Å²) in [5, 5.41) is 6.51. The maximum atomic E-state index is 10.8. The molecule has 0 rings (SSSR count). The highest BCUT2D eigenvalue weighted by Crippen LogP contribution is 1.87. The normalized spacial score (nSPS) is 11.1. The predicted octanol–water partition coefficient (Wildman–Crippen LogP) is -0.0783. The van der Waals surface area contributed by atoms with Gasteiger partial charge in [0.1, 0.15) is 9.84 Å². The van der Waals surface area contributed by atoms with Crippen LogP contribution >= 0.6 is 12.2 Å². The zero-order chi connectivity index (χ0) is 12.4. The number of methoxy groups -OCH3 is 1. The zero-order valence-electron chi connectivity index (χ0n) is 9.78. The molecule has 16 heavy (non-hydrogen) atoms. The molecule has 0 fully saturated rings. The molecule has 5 nitrogen and oxygen atoms in total. The van der Waals surface area contributed by atoms with Gasteiger partial charge in [-0.3, -0.25) is 0 Å². The second-order valence-electron chi connectivity index (χ2n) is 3.51. The Kier molecular flexibility index (Phi) is 8.50. The third-order valence-corrected chi connectivity index (χ3v) is 3.11. The van der Waals surface area contributed by atoms with Crippen molar-refractivity contribution in [3.63, 3.8) is 0 Å². The Morgan fingerprint density at radius 3 is 2.31 bits per heavy atom. The number of hydrogen-bond acceptors (Lipinski definition) is 4. The van der Waals surface area contributed by atoms with Crippen molar-refractivity contribution in [1.29, 1.82) is 0 Å². The first-order valence-electron chi connectivity index (χ1n) is 5.14. The standard InChI is InChI=1S/C9H20N2O3S2/c1-14-7-3-5-10-9(15)11-6-4-8-16(2,12)13/h3-8H2,1-2H3,(H2,10,11,15). The maximum absolute atomic E-state index is 10.8. The Balaban J connectivity index is 3.37. The van der Waals surface area contributed by atoms with Crippen LogP contribution < -0.4 is 10.6 Å². The minimum Gasteiger partial charge on any atom is -0.385 e. The van der Waals surface area contributed by atoms with E-state index in [0.717, 1.165) is 13.0 Å². The van der Waals surface area contributed by atoms with E-state index in [-0.39, 0.29) is 5.75 Å². The Morgan fingerprint density at radius 2 is 1.81 bits per heavy atom. The van der Waals surface area contributed by atoms with E-state index >= 15 is 0 Å². The van der Waals surface area contributed by atoms with Crippen molar-refractivity contribution in [2.24, 2.45) is 0 Å². The average molecular weight is 268 g/mol. The van der Waals surface area contributed by atoms with Gasteiger partial charge in [0.25, 0.3) is 0 Å². The summed E-state index contributed by atoms with van der Waals surface area (Å²) in [7, 11) is -1.21. The summed E-state index contributed by atoms with van der Waals surface area (Å²) in [4.78, 5) is 0. The largest absolute Gasteiger partial charge is 0.385 e. The van der Waals surface area contributed by atoms with Gasteiger partial charge < -0.3 is 15.4 Å². The number of sulfone groups is 1. The second kappa shape index (κ2) is 8.72. The molecule has 7 heteroatoms. The van der Waals surface area contributed by atoms with Crippen molar-refractivity contribution >= 4 is 27.2 Å². The number of nitrogens with one attached hydrogen (secondary N) is 2. The van der Waals surface area contributed by atoms with Crippen molar-refractivity contribution in [3.05, 3.63) is 0 Å². The molecule has 0 amide bonds. The summed E-state index contributed by atoms with van der Waals surface area (Å²) in [6, 6.07) is 0. The van der Waals surface area contributed by atoms with Crippen molar-refractivity contribution in [1.82, 2.24) is 10.6 Å². The highest BCUT2D eigenvalue weighted by Gasteiger charge is 2.01. The molecule has 0 aromatic rings. The van der Waals surface area contributed by atoms with Crippen LogP contribution in [0.4, 0.5) is 0 Å². The summed E-state index contributed by atoms with van der Waals surface area (Å²) in [6.07, 6.45) is 2.69. The average Bonchev–Trinajstić information content (AvgIpc) is 2.18. The molecule has 0 atom stereocenters. The van der Waals surface area contributed by atoms with E-state index in [1.807, 2.05) is 0 Å². The van der Waals surface area contributed by atoms with E-state index < -0.39 is 9.84 Å². The van der Waals surface area contributed by atoms with Gasteiger partial charge in [-0.1, -0.05) is 0 Å². The molecule has 0 saturated heterocycles. The van der Waals surface area contributed by atoms with E-state index in [0.29, 0.717) is 24.7 Å². The molecule has 0 saturated carbocycles. The molecule has 0 radical (unpaired) electrons. The number of hydrogen-bond donors (Lipinski definition) is 2. The zero-order valence-corrected chi connectivity index (χ0v) is 11.4. The lowest BCUT2D eigenvalue weighted by Crippen LogP contribution is -2.37. The van der Waals surface area contributed by atoms with Crippen molar-refractivity contribution < 1.29 is 13.2 Å². The number of ether oxygens (including phenoxy) is 1. The maximum Gasteiger partial charge on any atom is 0.166 e. The molecule has 96 valence electrons. The highest BCUT2D eigenvalue weighted by molar-refractivity contribution is 7.90. The number of thiocarbonyl (C=S) groups is 1. The van der Waals surface area contributed by atoms with Crippen LogP contribution in [0.3, 0.4) is 0 Å². The summed E-state index contributed by atoms with van der Waals surface area (Å²) in [5.74, 6) is 0.187. The molecule has 0 heterocycles. The van der Waals surface area contributed by atoms with Crippen LogP contribution in [0.5, 0.6) is 0 Å². The smallest absolute Gasteiger partial charge is 0.166 e. The van der Waals surface area contributed by atoms with Crippen molar-refractivity contribution in [2.75, 3.05) is 38.8 Å². The lowest BCUT2D eigenvalue weighted by molar-refractivity contribution is 0.195. The van der Waals surface area contributed by atoms with Gasteiger partial charge in [0.2, 0.25) is 0 Å². The van der Waals surface area contributed by atoms with Crippen LogP contribution in [0, 0.1) is 0 Å². The van der Waals surface area contributed by atoms with Crippen LogP contribution in [-0.4, -0.2) is 52.3 Å². The number of rotatable bonds is 8. The Hall–Kier alpha value is -0.400. The monoisotopic (exact) mass is 268 g/mol. The molecule has 0 aromatic heterocycles. The fraction of sp³-hybridized carbons (Fsp3) is 0.889. The molecule has 0 aliphatic rings. The van der Waals surface area contributed by atoms with Gasteiger partial charge in [0, 0.05) is 33.1 Å². The van der Waals surface area contributed by atoms with E-state index in [1.54, 1.807) is 7.11 Å². The molecular formula is C9H20N2O3S2. The predicted molar refractivity (Wildman–Crippen MR) is 69.4 cm³/mol. The summed E-state index contributed by atoms with van der Waals surface area (Å²) in [5.41, 5.74) is 0. The van der Waals surface area contributed by atoms with Crippen LogP contribution in [-0.2, 0) is 14.6 Å². The molecule has 2 N–H and O–H groups in total. The molecule has 0 unspecified atom stereocenters. The second-order valence-corrected chi connectivity index (χ2v) is 6.18. The summed E-state index contributed by atoms with van der Waals surface area (Å²) >= 11 is 5.00. The van der Waals surface area contributed by atoms with Crippen LogP contribution in [0.1, 0.15) is 12.8 Å². The lowest BCUT2D eigenvalue weighted by Gasteiger charge is -2.09. The van der Waals surface area contributed by atoms with Gasteiger partial charge in [0.05, 0.1) is 5.75 Å². The van der Waals surface area contributed by atoms with E-state index in [2.05, 4.69) is 10.6 Å². The summed E-state index contributed by atoms with van der Waals surface area (Å²) < 4.78 is 26.5. The minimum atomic E-state index is -2.87. The molecular weight excluding hydrogens is 248 g/mol. The SMILES string of the molecule is COCCCNC(=S)NCCCS(C)(=O)=O. The van der Waals surface area contributed by atoms with Gasteiger partial charge in [0.15, 0.2) is 5.11 Å². The molecule has 0 aliphatic carbocycles. The Bertz CT molecular complexity index is 291. The highest BCUT2D eigenvalue weighted by atomic mass is 32.2. The Morgan fingerprint density at radius 1 is 1.25 bits per heavy atom. The fourth-order valence-corrected chi connectivity index (χ4v) is 1.89. The van der Waals surface area contributed by atoms with Gasteiger partial charge in [-0.25, -0.2) is 8.42 Å². The van der Waals surface area contributed by atoms with Crippen LogP contribution in [0.2, 0.25) is 0 Å². The van der Waals surface area contributed by atoms with Crippen molar-refractivity contribution in [3.8, 4) is 0 Å². The molecule has 0 bridgehead atoms. The van der Waals surface area contributed by atoms with E-state index in [9.17, 15) is 8.42 Å². The molecule has 0 aromatic carbocycles. The topological polar surface area (TPSA) is 67.4 Å². The van der Waals surface area contributed by atoms with Gasteiger partial charge in [-0.15, -0.1) is 0 Å². The van der Waals surface area contributed by atoms with Crippen LogP contribution in [0.15, 0.2) is 0 Å². The Labute approximate surface area is 103 Å². The lowest BCUT2D eigenvalue weighted by atomic mass is 10.4. The van der Waals surface area contributed by atoms with Gasteiger partial charge in [-0.05, 0) is 25.1 Å². The van der Waals surface area contributed by atoms with Crippen molar-refractivity contribution in [2.45, 2.75) is 12.8 Å². The first-order valence-corrected chi connectivity index (χ1v) is 7.61. The van der Waals surface area contributed by atoms with Gasteiger partial charge in [-0.2, -0.15) is 0 Å². The quantitative estimate of drug-likeness (QED) is 0.474. The molecule has 0 spiro atoms. The van der Waals surface area contributed by atoms with E-state index in [4.69, 9.17) is 17.0 Å². The van der Waals surface area contributed by atoms with Crippen LogP contribution in [0.25, 0.3) is 0 Å². The minimum absolute atomic E-state index is 0.187. The third-order valence-electron chi connectivity index (χ3n) is 1.79. The third kappa shape index (κ3) is 11.7. The van der Waals surface area contributed by atoms with E-state index in [1.165, 1.54) is 6.26 Å². The first kappa shape index (κ1) is 15.6. The first-order chi connectivity index (χ1) is 7.45. The summed E-state index contributed by atoms with van der Waals surface area (Å²) in [6.45, 7) is 2.03.